The van der Waals surface area contributed by atoms with E-state index in [0.29, 0.717) is 17.1 Å². The molecule has 2 N–H and O–H groups in total. The molecular formula is C29H24ClN3O9S. The Hall–Kier alpha value is -5.14. The van der Waals surface area contributed by atoms with E-state index in [9.17, 15) is 28.1 Å². The van der Waals surface area contributed by atoms with Crippen LogP contribution in [0.15, 0.2) is 97.1 Å². The van der Waals surface area contributed by atoms with Crippen molar-refractivity contribution in [3.8, 4) is 17.2 Å². The van der Waals surface area contributed by atoms with Crippen LogP contribution in [-0.2, 0) is 33.4 Å². The first-order valence-corrected chi connectivity index (χ1v) is 14.0. The quantitative estimate of drug-likeness (QED) is 0.122. The van der Waals surface area contributed by atoms with Gasteiger partial charge in [0.15, 0.2) is 6.10 Å². The van der Waals surface area contributed by atoms with Gasteiger partial charge in [-0.3, -0.25) is 14.9 Å². The molecule has 4 rings (SSSR count). The first-order chi connectivity index (χ1) is 20.6. The highest BCUT2D eigenvalue weighted by atomic mass is 35.5. The van der Waals surface area contributed by atoms with Crippen LogP contribution < -0.4 is 19.5 Å². The van der Waals surface area contributed by atoms with Crippen molar-refractivity contribution in [2.75, 3.05) is 4.31 Å². The highest BCUT2D eigenvalue weighted by Crippen LogP contribution is 2.30. The summed E-state index contributed by atoms with van der Waals surface area (Å²) in [5.74, 6) is 0.715. The normalized spacial score (nSPS) is 11.4. The highest BCUT2D eigenvalue weighted by molar-refractivity contribution is 7.75. The number of hydrogen-bond donors (Lipinski definition) is 2. The molecule has 43 heavy (non-hydrogen) atoms. The van der Waals surface area contributed by atoms with Crippen LogP contribution in [0.25, 0.3) is 0 Å². The van der Waals surface area contributed by atoms with Gasteiger partial charge < -0.3 is 19.9 Å². The number of benzene rings is 4. The van der Waals surface area contributed by atoms with Gasteiger partial charge in [0, 0.05) is 12.5 Å². The molecule has 0 saturated carbocycles. The van der Waals surface area contributed by atoms with E-state index in [-0.39, 0.29) is 28.0 Å². The van der Waals surface area contributed by atoms with Gasteiger partial charge in [-0.1, -0.05) is 54.1 Å². The minimum Gasteiger partial charge on any atom is -0.489 e. The summed E-state index contributed by atoms with van der Waals surface area (Å²) in [7, 11) is -3.64. The lowest BCUT2D eigenvalue weighted by Crippen LogP contribution is -2.42. The van der Waals surface area contributed by atoms with E-state index < -0.39 is 39.6 Å². The van der Waals surface area contributed by atoms with Crippen molar-refractivity contribution in [2.45, 2.75) is 19.1 Å². The first-order valence-electron chi connectivity index (χ1n) is 12.5. The number of carbonyl (C=O) groups excluding carboxylic acids is 2. The maximum Gasteiger partial charge on any atom is 0.405 e. The topological polar surface area (TPSA) is 168 Å². The fourth-order valence-electron chi connectivity index (χ4n) is 3.91. The second-order valence-corrected chi connectivity index (χ2v) is 10.2. The second kappa shape index (κ2) is 14.2. The molecular weight excluding hydrogens is 602 g/mol. The Balaban J connectivity index is 1.42. The third kappa shape index (κ3) is 8.44. The van der Waals surface area contributed by atoms with Gasteiger partial charge in [0.25, 0.3) is 11.6 Å². The molecule has 0 radical (unpaired) electrons. The fourth-order valence-corrected chi connectivity index (χ4v) is 4.70. The Morgan fingerprint density at radius 2 is 1.49 bits per heavy atom. The number of amides is 2. The molecule has 4 aromatic rings. The van der Waals surface area contributed by atoms with E-state index in [1.54, 1.807) is 24.3 Å². The van der Waals surface area contributed by atoms with Crippen LogP contribution in [0.2, 0.25) is 5.02 Å². The Morgan fingerprint density at radius 1 is 0.884 bits per heavy atom. The predicted molar refractivity (Wildman–Crippen MR) is 158 cm³/mol. The molecule has 0 spiro atoms. The van der Waals surface area contributed by atoms with E-state index >= 15 is 0 Å². The molecule has 12 nitrogen and oxygen atoms in total. The van der Waals surface area contributed by atoms with Crippen molar-refractivity contribution >= 4 is 45.9 Å². The maximum absolute atomic E-state index is 13.2. The number of nitro benzene ring substituents is 1. The first kappa shape index (κ1) is 30.8. The number of thiol groups is 1. The molecule has 0 aliphatic heterocycles. The Bertz CT molecular complexity index is 1670. The van der Waals surface area contributed by atoms with Crippen LogP contribution in [0, 0.1) is 10.1 Å². The van der Waals surface area contributed by atoms with E-state index in [1.807, 2.05) is 54.6 Å². The summed E-state index contributed by atoms with van der Waals surface area (Å²) in [6.45, 7) is 0.260. The van der Waals surface area contributed by atoms with E-state index in [4.69, 9.17) is 31.5 Å². The van der Waals surface area contributed by atoms with Gasteiger partial charge in [0.2, 0.25) is 10.9 Å². The van der Waals surface area contributed by atoms with Crippen LogP contribution in [0.5, 0.6) is 17.2 Å². The molecule has 0 aliphatic rings. The minimum atomic E-state index is -3.64. The lowest BCUT2D eigenvalue weighted by molar-refractivity contribution is -0.384. The van der Waals surface area contributed by atoms with Crippen LogP contribution in [0.1, 0.15) is 11.1 Å². The summed E-state index contributed by atoms with van der Waals surface area (Å²) in [4.78, 5) is 35.2. The van der Waals surface area contributed by atoms with Crippen LogP contribution in [-0.4, -0.2) is 31.4 Å². The Kier molecular flexibility index (Phi) is 10.1. The molecule has 2 amide bonds. The van der Waals surface area contributed by atoms with E-state index in [2.05, 4.69) is 0 Å². The lowest BCUT2D eigenvalue weighted by Gasteiger charge is -2.22. The molecule has 0 unspecified atom stereocenters. The number of primary amides is 1. The van der Waals surface area contributed by atoms with Gasteiger partial charge in [-0.2, -0.15) is 0 Å². The summed E-state index contributed by atoms with van der Waals surface area (Å²) in [5, 5.41) is 11.0. The van der Waals surface area contributed by atoms with Crippen molar-refractivity contribution in [1.82, 2.24) is 0 Å². The monoisotopic (exact) mass is 625 g/mol. The zero-order valence-corrected chi connectivity index (χ0v) is 23.9. The van der Waals surface area contributed by atoms with Crippen molar-refractivity contribution in [2.24, 2.45) is 5.73 Å². The van der Waals surface area contributed by atoms with Gasteiger partial charge in [-0.25, -0.2) is 17.5 Å². The smallest absolute Gasteiger partial charge is 0.405 e. The number of rotatable bonds is 12. The summed E-state index contributed by atoms with van der Waals surface area (Å²) in [6, 6.07) is 26.2. The van der Waals surface area contributed by atoms with Crippen molar-refractivity contribution in [1.29, 1.82) is 0 Å². The molecule has 0 aliphatic carbocycles. The van der Waals surface area contributed by atoms with Crippen LogP contribution in [0.3, 0.4) is 0 Å². The Labute approximate surface area is 252 Å². The average Bonchev–Trinajstić information content (AvgIpc) is 2.98. The van der Waals surface area contributed by atoms with Gasteiger partial charge in [0.05, 0.1) is 10.6 Å². The van der Waals surface area contributed by atoms with Crippen molar-refractivity contribution < 1.29 is 37.1 Å². The molecule has 1 atom stereocenters. The number of anilines is 1. The van der Waals surface area contributed by atoms with Gasteiger partial charge in [0.1, 0.15) is 28.9 Å². The molecule has 222 valence electrons. The van der Waals surface area contributed by atoms with E-state index in [1.165, 1.54) is 0 Å². The number of halogens is 1. The van der Waals surface area contributed by atoms with Crippen LogP contribution in [0.4, 0.5) is 16.2 Å². The maximum atomic E-state index is 13.2. The Morgan fingerprint density at radius 3 is 2.09 bits per heavy atom. The molecule has 4 aromatic carbocycles. The molecule has 0 aromatic heterocycles. The predicted octanol–water partition coefficient (Wildman–Crippen LogP) is 5.19. The number of nitrogens with two attached hydrogens (primary N) is 1. The molecule has 14 heteroatoms. The highest BCUT2D eigenvalue weighted by Gasteiger charge is 2.32. The largest absolute Gasteiger partial charge is 0.489 e. The second-order valence-electron chi connectivity index (χ2n) is 8.90. The van der Waals surface area contributed by atoms with Gasteiger partial charge >= 0.3 is 6.09 Å². The standard InChI is InChI=1S/C29H24ClN3O9S/c30-25-15-10-21(17-26(25)33(36)37)32(43(38)39)28(34)27(42-29(31)35)16-19-6-11-22(12-7-19)40-18-20-8-13-24(14-9-20)41-23-4-2-1-3-5-23/h1-15,17,27,43H,16,18H2,(H2,31,35)/t27-/m0/s1. The zero-order chi connectivity index (χ0) is 30.9. The molecule has 0 fully saturated rings. The number of nitrogens with zero attached hydrogens (tertiary/aromatic N) is 2. The molecule has 0 bridgehead atoms. The van der Waals surface area contributed by atoms with Crippen molar-refractivity contribution in [3.63, 3.8) is 0 Å². The lowest BCUT2D eigenvalue weighted by atomic mass is 10.1. The van der Waals surface area contributed by atoms with Gasteiger partial charge in [-0.15, -0.1) is 0 Å². The summed E-state index contributed by atoms with van der Waals surface area (Å²) in [6.07, 6.45) is -3.23. The van der Waals surface area contributed by atoms with Crippen molar-refractivity contribution in [3.05, 3.63) is 123 Å². The number of hydrogen-bond acceptors (Lipinski definition) is 9. The van der Waals surface area contributed by atoms with E-state index in [0.717, 1.165) is 29.5 Å². The third-order valence-electron chi connectivity index (χ3n) is 5.93. The molecule has 0 heterocycles. The minimum absolute atomic E-state index is 0.250. The third-order valence-corrected chi connectivity index (χ3v) is 7.00. The van der Waals surface area contributed by atoms with Gasteiger partial charge in [-0.05, 0) is 59.7 Å². The number of ether oxygens (including phenoxy) is 3. The van der Waals surface area contributed by atoms with Crippen LogP contribution >= 0.6 is 11.6 Å². The number of carbonyl (C=O) groups is 2. The summed E-state index contributed by atoms with van der Waals surface area (Å²) in [5.41, 5.74) is 5.53. The fraction of sp³-hybridized carbons (Fsp3) is 0.103. The molecule has 0 saturated heterocycles. The number of nitro groups is 1. The summed E-state index contributed by atoms with van der Waals surface area (Å²) >= 11 is 5.80. The number of para-hydroxylation sites is 1. The SMILES string of the molecule is NC(=O)O[C@@H](Cc1ccc(OCc2ccc(Oc3ccccc3)cc2)cc1)C(=O)N(c1ccc(Cl)c([N+](=O)[O-])c1)[SH](=O)=O. The zero-order valence-electron chi connectivity index (χ0n) is 22.2. The average molecular weight is 626 g/mol. The summed E-state index contributed by atoms with van der Waals surface area (Å²) < 4.78 is 40.9.